The Morgan fingerprint density at radius 1 is 0.947 bits per heavy atom. The minimum atomic E-state index is -0.715. The average Bonchev–Trinajstić information content (AvgIpc) is 2.39. The van der Waals surface area contributed by atoms with Crippen LogP contribution in [0.4, 0.5) is 0 Å². The zero-order valence-corrected chi connectivity index (χ0v) is 12.3. The van der Waals surface area contributed by atoms with E-state index in [1.165, 1.54) is 20.3 Å². The lowest BCUT2D eigenvalue weighted by Gasteiger charge is -2.11. The van der Waals surface area contributed by atoms with Crippen LogP contribution < -0.4 is 0 Å². The van der Waals surface area contributed by atoms with Crippen LogP contribution in [0.3, 0.4) is 0 Å². The molecule has 0 fully saturated rings. The fourth-order valence-electron chi connectivity index (χ4n) is 1.10. The van der Waals surface area contributed by atoms with Crippen molar-refractivity contribution in [1.29, 1.82) is 0 Å². The second-order valence-electron chi connectivity index (χ2n) is 4.15. The van der Waals surface area contributed by atoms with Gasteiger partial charge in [-0.25, -0.2) is 9.59 Å². The van der Waals surface area contributed by atoms with E-state index in [-0.39, 0.29) is 5.57 Å². The first-order valence-corrected chi connectivity index (χ1v) is 5.74. The summed E-state index contributed by atoms with van der Waals surface area (Å²) in [5, 5.41) is 0. The summed E-state index contributed by atoms with van der Waals surface area (Å²) in [4.78, 5) is 24.9. The molecule has 0 atom stereocenters. The van der Waals surface area contributed by atoms with Crippen molar-refractivity contribution in [3.63, 3.8) is 0 Å². The quantitative estimate of drug-likeness (QED) is 0.249. The van der Waals surface area contributed by atoms with E-state index >= 15 is 0 Å². The van der Waals surface area contributed by atoms with Gasteiger partial charge >= 0.3 is 11.9 Å². The zero-order valence-electron chi connectivity index (χ0n) is 12.3. The average molecular weight is 267 g/mol. The normalized spacial score (nSPS) is 11.7. The number of hydrogen-bond acceptors (Lipinski definition) is 5. The van der Waals surface area contributed by atoms with Gasteiger partial charge in [-0.05, 0) is 31.6 Å². The van der Waals surface area contributed by atoms with E-state index in [2.05, 4.69) is 9.47 Å². The summed E-state index contributed by atoms with van der Waals surface area (Å²) >= 11 is 0. The minimum absolute atomic E-state index is 0.130. The van der Waals surface area contributed by atoms with Crippen molar-refractivity contribution >= 4 is 11.9 Å². The summed E-state index contributed by atoms with van der Waals surface area (Å²) in [5.74, 6) is -1.43. The second kappa shape index (κ2) is 8.13. The lowest BCUT2D eigenvalue weighted by Crippen LogP contribution is -2.15. The Hall–Kier alpha value is -2.04. The summed E-state index contributed by atoms with van der Waals surface area (Å²) in [6, 6.07) is 0. The van der Waals surface area contributed by atoms with Crippen molar-refractivity contribution in [3.05, 3.63) is 35.1 Å². The van der Waals surface area contributed by atoms with Gasteiger partial charge in [0.15, 0.2) is 0 Å². The molecule has 0 amide bonds. The molecule has 0 N–H and O–H groups in total. The third-order valence-electron chi connectivity index (χ3n) is 2.48. The molecule has 0 aromatic rings. The van der Waals surface area contributed by atoms with Crippen molar-refractivity contribution in [2.45, 2.75) is 13.8 Å². The fourth-order valence-corrected chi connectivity index (χ4v) is 1.10. The maximum atomic E-state index is 11.5. The number of rotatable bonds is 5. The van der Waals surface area contributed by atoms with Gasteiger partial charge in [0.05, 0.1) is 14.2 Å². The molecule has 0 aromatic carbocycles. The van der Waals surface area contributed by atoms with Gasteiger partial charge < -0.3 is 14.4 Å². The maximum absolute atomic E-state index is 11.5. The lowest BCUT2D eigenvalue weighted by atomic mass is 10.1. The second-order valence-corrected chi connectivity index (χ2v) is 4.15. The topological polar surface area (TPSA) is 55.8 Å². The van der Waals surface area contributed by atoms with E-state index in [4.69, 9.17) is 0 Å². The van der Waals surface area contributed by atoms with Crippen LogP contribution in [0, 0.1) is 0 Å². The molecular formula is C14H21NO4. The van der Waals surface area contributed by atoms with Gasteiger partial charge in [-0.2, -0.15) is 0 Å². The van der Waals surface area contributed by atoms with Gasteiger partial charge in [0, 0.05) is 19.8 Å². The summed E-state index contributed by atoms with van der Waals surface area (Å²) in [6.07, 6.45) is 5.14. The molecule has 0 bridgehead atoms. The van der Waals surface area contributed by atoms with E-state index < -0.39 is 11.9 Å². The summed E-state index contributed by atoms with van der Waals surface area (Å²) in [6.45, 7) is 3.74. The predicted molar refractivity (Wildman–Crippen MR) is 73.3 cm³/mol. The molecule has 106 valence electrons. The van der Waals surface area contributed by atoms with E-state index in [1.54, 1.807) is 13.0 Å². The molecule has 0 heterocycles. The maximum Gasteiger partial charge on any atom is 0.345 e. The lowest BCUT2D eigenvalue weighted by molar-refractivity contribution is -0.144. The predicted octanol–water partition coefficient (Wildman–Crippen LogP) is 1.67. The van der Waals surface area contributed by atoms with E-state index in [9.17, 15) is 9.59 Å². The minimum Gasteiger partial charge on any atom is -0.465 e. The SMILES string of the molecule is COC(=O)C(=CC(C)=CC=C(C)N(C)C)C(=O)OC. The Kier molecular flexibility index (Phi) is 7.26. The van der Waals surface area contributed by atoms with Crippen LogP contribution in [-0.4, -0.2) is 45.2 Å². The van der Waals surface area contributed by atoms with Crippen LogP contribution in [0.5, 0.6) is 0 Å². The standard InChI is InChI=1S/C14H21NO4/c1-10(7-8-11(2)15(3)4)9-12(13(16)18-5)14(17)19-6/h7-9H,1-6H3. The largest absolute Gasteiger partial charge is 0.465 e. The van der Waals surface area contributed by atoms with Gasteiger partial charge in [-0.15, -0.1) is 0 Å². The molecule has 0 rings (SSSR count). The Balaban J connectivity index is 5.24. The number of hydrogen-bond donors (Lipinski definition) is 0. The van der Waals surface area contributed by atoms with Crippen LogP contribution in [0.2, 0.25) is 0 Å². The Labute approximate surface area is 114 Å². The Bertz CT molecular complexity index is 413. The van der Waals surface area contributed by atoms with Gasteiger partial charge in [0.25, 0.3) is 0 Å². The number of nitrogens with zero attached hydrogens (tertiary/aromatic N) is 1. The zero-order chi connectivity index (χ0) is 15.0. The van der Waals surface area contributed by atoms with Crippen LogP contribution in [0.25, 0.3) is 0 Å². The highest BCUT2D eigenvalue weighted by molar-refractivity contribution is 6.14. The van der Waals surface area contributed by atoms with Crippen LogP contribution in [-0.2, 0) is 19.1 Å². The summed E-state index contributed by atoms with van der Waals surface area (Å²) < 4.78 is 9.08. The molecule has 0 saturated carbocycles. The Morgan fingerprint density at radius 2 is 1.42 bits per heavy atom. The van der Waals surface area contributed by atoms with Crippen LogP contribution in [0.15, 0.2) is 35.1 Å². The van der Waals surface area contributed by atoms with Gasteiger partial charge in [-0.1, -0.05) is 6.08 Å². The van der Waals surface area contributed by atoms with Crippen molar-refractivity contribution < 1.29 is 19.1 Å². The number of carbonyl (C=O) groups is 2. The smallest absolute Gasteiger partial charge is 0.345 e. The molecule has 0 spiro atoms. The van der Waals surface area contributed by atoms with Crippen molar-refractivity contribution in [3.8, 4) is 0 Å². The first-order valence-electron chi connectivity index (χ1n) is 5.74. The molecular weight excluding hydrogens is 246 g/mol. The van der Waals surface area contributed by atoms with E-state index in [1.807, 2.05) is 32.0 Å². The van der Waals surface area contributed by atoms with Gasteiger partial charge in [0.2, 0.25) is 0 Å². The molecule has 0 saturated heterocycles. The number of ether oxygens (including phenoxy) is 2. The van der Waals surface area contributed by atoms with Crippen LogP contribution in [0.1, 0.15) is 13.8 Å². The van der Waals surface area contributed by atoms with Gasteiger partial charge in [-0.3, -0.25) is 0 Å². The number of esters is 2. The third-order valence-corrected chi connectivity index (χ3v) is 2.48. The first-order chi connectivity index (χ1) is 8.83. The molecule has 0 aliphatic heterocycles. The number of methoxy groups -OCH3 is 2. The molecule has 0 aliphatic carbocycles. The highest BCUT2D eigenvalue weighted by Crippen LogP contribution is 2.08. The first kappa shape index (κ1) is 17.0. The molecule has 5 nitrogen and oxygen atoms in total. The molecule has 0 radical (unpaired) electrons. The van der Waals surface area contributed by atoms with Crippen molar-refractivity contribution in [1.82, 2.24) is 4.90 Å². The number of allylic oxidation sites excluding steroid dienone is 5. The fraction of sp³-hybridized carbons (Fsp3) is 0.429. The van der Waals surface area contributed by atoms with Crippen molar-refractivity contribution in [2.75, 3.05) is 28.3 Å². The molecule has 0 aromatic heterocycles. The Morgan fingerprint density at radius 3 is 1.79 bits per heavy atom. The van der Waals surface area contributed by atoms with Crippen LogP contribution >= 0.6 is 0 Å². The molecule has 5 heteroatoms. The molecule has 0 unspecified atom stereocenters. The molecule has 19 heavy (non-hydrogen) atoms. The van der Waals surface area contributed by atoms with E-state index in [0.717, 1.165) is 11.3 Å². The molecule has 0 aliphatic rings. The monoisotopic (exact) mass is 267 g/mol. The third kappa shape index (κ3) is 5.90. The summed E-state index contributed by atoms with van der Waals surface area (Å²) in [7, 11) is 6.29. The highest BCUT2D eigenvalue weighted by atomic mass is 16.5. The van der Waals surface area contributed by atoms with Crippen molar-refractivity contribution in [2.24, 2.45) is 0 Å². The number of carbonyl (C=O) groups excluding carboxylic acids is 2. The van der Waals surface area contributed by atoms with E-state index in [0.29, 0.717) is 0 Å². The summed E-state index contributed by atoms with van der Waals surface area (Å²) in [5.41, 5.74) is 1.66. The van der Waals surface area contributed by atoms with Gasteiger partial charge in [0.1, 0.15) is 5.57 Å². The highest BCUT2D eigenvalue weighted by Gasteiger charge is 2.19.